The molecule has 1 aromatic rings. The van der Waals surface area contributed by atoms with Gasteiger partial charge < -0.3 is 14.4 Å². The van der Waals surface area contributed by atoms with E-state index >= 15 is 0 Å². The van der Waals surface area contributed by atoms with Crippen molar-refractivity contribution in [2.24, 2.45) is 11.8 Å². The Balaban J connectivity index is 1.72. The molecule has 0 aromatic heterocycles. The van der Waals surface area contributed by atoms with Gasteiger partial charge in [-0.2, -0.15) is 0 Å². The number of amides is 2. The lowest BCUT2D eigenvalue weighted by atomic mass is 9.78. The third-order valence-corrected chi connectivity index (χ3v) is 5.73. The molecule has 3 rings (SSSR count). The van der Waals surface area contributed by atoms with Gasteiger partial charge in [-0.05, 0) is 49.7 Å². The Morgan fingerprint density at radius 1 is 1.18 bits per heavy atom. The maximum atomic E-state index is 13.3. The van der Waals surface area contributed by atoms with Crippen LogP contribution in [0, 0.1) is 11.8 Å². The molecule has 1 saturated carbocycles. The molecular weight excluding hydrogens is 356 g/mol. The average Bonchev–Trinajstić information content (AvgIpc) is 2.71. The van der Waals surface area contributed by atoms with Crippen LogP contribution >= 0.6 is 0 Å². The van der Waals surface area contributed by atoms with Gasteiger partial charge in [-0.25, -0.2) is 4.79 Å². The van der Waals surface area contributed by atoms with Crippen molar-refractivity contribution in [1.29, 1.82) is 0 Å². The van der Waals surface area contributed by atoms with Gasteiger partial charge in [0.15, 0.2) is 0 Å². The number of fused-ring (bicyclic) bond motifs is 1. The monoisotopic (exact) mass is 388 g/mol. The average molecular weight is 389 g/mol. The van der Waals surface area contributed by atoms with Crippen LogP contribution in [-0.2, 0) is 4.74 Å². The van der Waals surface area contributed by atoms with Crippen LogP contribution in [0.3, 0.4) is 0 Å². The normalized spacial score (nSPS) is 21.8. The molecule has 0 radical (unpaired) electrons. The summed E-state index contributed by atoms with van der Waals surface area (Å²) < 4.78 is 10.6. The predicted octanol–water partition coefficient (Wildman–Crippen LogP) is 4.69. The van der Waals surface area contributed by atoms with E-state index in [9.17, 15) is 9.59 Å². The molecule has 1 aliphatic carbocycles. The summed E-state index contributed by atoms with van der Waals surface area (Å²) in [6, 6.07) is 5.51. The quantitative estimate of drug-likeness (QED) is 0.794. The lowest BCUT2D eigenvalue weighted by Gasteiger charge is -2.44. The van der Waals surface area contributed by atoms with Gasteiger partial charge in [0.1, 0.15) is 5.75 Å². The van der Waals surface area contributed by atoms with Gasteiger partial charge in [0.2, 0.25) is 0 Å². The summed E-state index contributed by atoms with van der Waals surface area (Å²) in [6.45, 7) is 5.13. The van der Waals surface area contributed by atoms with Crippen molar-refractivity contribution in [3.63, 3.8) is 0 Å². The molecule has 1 N–H and O–H groups in total. The first-order chi connectivity index (χ1) is 13.5. The second-order valence-electron chi connectivity index (χ2n) is 8.29. The Kier molecular flexibility index (Phi) is 6.81. The van der Waals surface area contributed by atoms with E-state index in [0.29, 0.717) is 35.6 Å². The number of nitrogens with zero attached hydrogens (tertiary/aromatic N) is 1. The highest BCUT2D eigenvalue weighted by Crippen LogP contribution is 2.37. The number of rotatable bonds is 5. The zero-order chi connectivity index (χ0) is 20.1. The molecule has 6 heteroatoms. The number of methoxy groups -OCH3 is 1. The molecule has 1 aromatic carbocycles. The third-order valence-electron chi connectivity index (χ3n) is 5.73. The first kappa shape index (κ1) is 20.5. The lowest BCUT2D eigenvalue weighted by molar-refractivity contribution is 0.0388. The van der Waals surface area contributed by atoms with E-state index in [1.54, 1.807) is 25.3 Å². The molecule has 0 unspecified atom stereocenters. The van der Waals surface area contributed by atoms with Crippen molar-refractivity contribution >= 4 is 17.7 Å². The van der Waals surface area contributed by atoms with Crippen LogP contribution in [0.1, 0.15) is 62.7 Å². The largest absolute Gasteiger partial charge is 0.496 e. The van der Waals surface area contributed by atoms with Gasteiger partial charge in [-0.15, -0.1) is 0 Å². The number of anilines is 1. The second kappa shape index (κ2) is 9.30. The topological polar surface area (TPSA) is 67.9 Å². The van der Waals surface area contributed by atoms with Crippen LogP contribution in [0.5, 0.6) is 5.75 Å². The SMILES string of the molecule is COc1cc(NC(=O)OCC(C)C)ccc1C(=O)N1CCC[C@H]2CCCC[C@H]21. The molecule has 0 bridgehead atoms. The minimum atomic E-state index is -0.504. The van der Waals surface area contributed by atoms with Crippen LogP contribution in [0.15, 0.2) is 18.2 Å². The van der Waals surface area contributed by atoms with Crippen molar-refractivity contribution in [2.45, 2.75) is 58.4 Å². The van der Waals surface area contributed by atoms with Crippen LogP contribution in [0.4, 0.5) is 10.5 Å². The molecule has 2 fully saturated rings. The zero-order valence-corrected chi connectivity index (χ0v) is 17.2. The Morgan fingerprint density at radius 2 is 1.93 bits per heavy atom. The lowest BCUT2D eigenvalue weighted by Crippen LogP contribution is -2.49. The Bertz CT molecular complexity index is 702. The minimum Gasteiger partial charge on any atom is -0.496 e. The standard InChI is InChI=1S/C22H32N2O4/c1-15(2)14-28-22(26)23-17-10-11-18(20(13-17)27-3)21(25)24-12-6-8-16-7-4-5-9-19(16)24/h10-11,13,15-16,19H,4-9,12,14H2,1-3H3,(H,23,26)/t16-,19-/m1/s1. The number of likely N-dealkylation sites (tertiary alicyclic amines) is 1. The van der Waals surface area contributed by atoms with Gasteiger partial charge in [0, 0.05) is 24.3 Å². The molecule has 1 saturated heterocycles. The summed E-state index contributed by atoms with van der Waals surface area (Å²) in [4.78, 5) is 27.2. The number of hydrogen-bond donors (Lipinski definition) is 1. The molecule has 1 heterocycles. The van der Waals surface area contributed by atoms with Crippen molar-refractivity contribution in [3.05, 3.63) is 23.8 Å². The molecule has 0 spiro atoms. The highest BCUT2D eigenvalue weighted by Gasteiger charge is 2.36. The molecule has 154 valence electrons. The summed E-state index contributed by atoms with van der Waals surface area (Å²) in [5, 5.41) is 2.70. The van der Waals surface area contributed by atoms with Gasteiger partial charge in [0.05, 0.1) is 19.3 Å². The number of hydrogen-bond acceptors (Lipinski definition) is 4. The maximum Gasteiger partial charge on any atom is 0.411 e. The van der Waals surface area contributed by atoms with E-state index < -0.39 is 6.09 Å². The Labute approximate surface area is 167 Å². The smallest absolute Gasteiger partial charge is 0.411 e. The van der Waals surface area contributed by atoms with Crippen LogP contribution in [0.25, 0.3) is 0 Å². The number of ether oxygens (including phenoxy) is 2. The van der Waals surface area contributed by atoms with Crippen LogP contribution in [-0.4, -0.2) is 43.2 Å². The second-order valence-corrected chi connectivity index (χ2v) is 8.29. The van der Waals surface area contributed by atoms with Gasteiger partial charge >= 0.3 is 6.09 Å². The number of carbonyl (C=O) groups is 2. The molecular formula is C22H32N2O4. The Morgan fingerprint density at radius 3 is 2.68 bits per heavy atom. The van der Waals surface area contributed by atoms with Crippen molar-refractivity contribution in [3.8, 4) is 5.75 Å². The predicted molar refractivity (Wildman–Crippen MR) is 109 cm³/mol. The fourth-order valence-corrected chi connectivity index (χ4v) is 4.37. The minimum absolute atomic E-state index is 0.0300. The summed E-state index contributed by atoms with van der Waals surface area (Å²) in [5.41, 5.74) is 1.10. The number of piperidine rings is 1. The van der Waals surface area contributed by atoms with Gasteiger partial charge in [0.25, 0.3) is 5.91 Å². The van der Waals surface area contributed by atoms with E-state index in [-0.39, 0.29) is 11.8 Å². The highest BCUT2D eigenvalue weighted by molar-refractivity contribution is 5.98. The molecule has 2 atom stereocenters. The molecule has 2 aliphatic rings. The number of benzene rings is 1. The Hall–Kier alpha value is -2.24. The third kappa shape index (κ3) is 4.78. The molecule has 28 heavy (non-hydrogen) atoms. The van der Waals surface area contributed by atoms with E-state index in [1.807, 2.05) is 13.8 Å². The summed E-state index contributed by atoms with van der Waals surface area (Å²) in [7, 11) is 1.55. The highest BCUT2D eigenvalue weighted by atomic mass is 16.5. The van der Waals surface area contributed by atoms with E-state index in [0.717, 1.165) is 19.4 Å². The van der Waals surface area contributed by atoms with Crippen molar-refractivity contribution < 1.29 is 19.1 Å². The molecule has 6 nitrogen and oxygen atoms in total. The van der Waals surface area contributed by atoms with Gasteiger partial charge in [-0.1, -0.05) is 26.7 Å². The van der Waals surface area contributed by atoms with E-state index in [1.165, 1.54) is 25.7 Å². The van der Waals surface area contributed by atoms with Crippen LogP contribution in [0.2, 0.25) is 0 Å². The summed E-state index contributed by atoms with van der Waals surface area (Å²) >= 11 is 0. The maximum absolute atomic E-state index is 13.3. The van der Waals surface area contributed by atoms with Crippen molar-refractivity contribution in [1.82, 2.24) is 4.90 Å². The van der Waals surface area contributed by atoms with E-state index in [2.05, 4.69) is 10.2 Å². The van der Waals surface area contributed by atoms with Crippen LogP contribution < -0.4 is 10.1 Å². The molecule has 2 amide bonds. The number of carbonyl (C=O) groups excluding carboxylic acids is 2. The van der Waals surface area contributed by atoms with E-state index in [4.69, 9.17) is 9.47 Å². The fraction of sp³-hybridized carbons (Fsp3) is 0.636. The first-order valence-corrected chi connectivity index (χ1v) is 10.4. The summed E-state index contributed by atoms with van der Waals surface area (Å²) in [5.74, 6) is 1.41. The molecule has 1 aliphatic heterocycles. The fourth-order valence-electron chi connectivity index (χ4n) is 4.37. The van der Waals surface area contributed by atoms with Crippen molar-refractivity contribution in [2.75, 3.05) is 25.6 Å². The van der Waals surface area contributed by atoms with Gasteiger partial charge in [-0.3, -0.25) is 10.1 Å². The zero-order valence-electron chi connectivity index (χ0n) is 17.2. The first-order valence-electron chi connectivity index (χ1n) is 10.4. The summed E-state index contributed by atoms with van der Waals surface area (Å²) in [6.07, 6.45) is 6.59. The number of nitrogens with one attached hydrogen (secondary N) is 1.